The SMILES string of the molecule is COc1ccc(NC(=O)c2cnc(C)nc2CC2CCN(Cc3ccncc3)CC2)cc1. The van der Waals surface area contributed by atoms with Crippen LogP contribution in [-0.2, 0) is 13.0 Å². The Hall–Kier alpha value is -3.32. The zero-order chi connectivity index (χ0) is 22.3. The van der Waals surface area contributed by atoms with E-state index in [4.69, 9.17) is 4.74 Å². The van der Waals surface area contributed by atoms with Gasteiger partial charge in [0.15, 0.2) is 0 Å². The maximum Gasteiger partial charge on any atom is 0.259 e. The van der Waals surface area contributed by atoms with Crippen LogP contribution in [0.25, 0.3) is 0 Å². The molecule has 7 nitrogen and oxygen atoms in total. The van der Waals surface area contributed by atoms with Gasteiger partial charge >= 0.3 is 0 Å². The maximum absolute atomic E-state index is 13.0. The van der Waals surface area contributed by atoms with Gasteiger partial charge in [0.25, 0.3) is 5.91 Å². The van der Waals surface area contributed by atoms with Crippen molar-refractivity contribution < 1.29 is 9.53 Å². The third kappa shape index (κ3) is 5.68. The first kappa shape index (κ1) is 21.9. The molecule has 1 aromatic carbocycles. The number of hydrogen-bond donors (Lipinski definition) is 1. The molecule has 1 aliphatic rings. The van der Waals surface area contributed by atoms with Gasteiger partial charge in [0.05, 0.1) is 18.4 Å². The van der Waals surface area contributed by atoms with E-state index in [0.29, 0.717) is 23.0 Å². The normalized spacial score (nSPS) is 14.8. The number of carbonyl (C=O) groups excluding carboxylic acids is 1. The van der Waals surface area contributed by atoms with Gasteiger partial charge in [-0.3, -0.25) is 14.7 Å². The van der Waals surface area contributed by atoms with Crippen LogP contribution in [0.15, 0.2) is 55.0 Å². The molecule has 0 aliphatic carbocycles. The molecule has 0 radical (unpaired) electrons. The molecule has 7 heteroatoms. The second-order valence-corrected chi connectivity index (χ2v) is 8.24. The summed E-state index contributed by atoms with van der Waals surface area (Å²) in [6, 6.07) is 11.4. The zero-order valence-electron chi connectivity index (χ0n) is 18.6. The number of methoxy groups -OCH3 is 1. The van der Waals surface area contributed by atoms with Gasteiger partial charge in [0.1, 0.15) is 11.6 Å². The topological polar surface area (TPSA) is 80.2 Å². The van der Waals surface area contributed by atoms with E-state index in [-0.39, 0.29) is 5.91 Å². The van der Waals surface area contributed by atoms with Gasteiger partial charge in [-0.25, -0.2) is 9.97 Å². The summed E-state index contributed by atoms with van der Waals surface area (Å²) in [7, 11) is 1.62. The van der Waals surface area contributed by atoms with Crippen molar-refractivity contribution in [3.05, 3.63) is 77.6 Å². The summed E-state index contributed by atoms with van der Waals surface area (Å²) in [6.45, 7) is 4.91. The molecule has 166 valence electrons. The molecule has 1 N–H and O–H groups in total. The molecule has 1 aliphatic heterocycles. The summed E-state index contributed by atoms with van der Waals surface area (Å²) < 4.78 is 5.18. The van der Waals surface area contributed by atoms with Crippen LogP contribution in [0.1, 0.15) is 40.3 Å². The number of carbonyl (C=O) groups is 1. The van der Waals surface area contributed by atoms with Gasteiger partial charge in [0.2, 0.25) is 0 Å². The minimum absolute atomic E-state index is 0.180. The molecule has 3 heterocycles. The monoisotopic (exact) mass is 431 g/mol. The highest BCUT2D eigenvalue weighted by Gasteiger charge is 2.23. The Labute approximate surface area is 188 Å². The standard InChI is InChI=1S/C25H29N5O2/c1-18-27-16-23(25(31)29-21-3-5-22(32-2)6-4-21)24(28-18)15-19-9-13-30(14-10-19)17-20-7-11-26-12-8-20/h3-8,11-12,16,19H,9-10,13-15,17H2,1-2H3,(H,29,31). The third-order valence-corrected chi connectivity index (χ3v) is 5.93. The van der Waals surface area contributed by atoms with Crippen molar-refractivity contribution in [2.45, 2.75) is 32.7 Å². The Kier molecular flexibility index (Phi) is 7.07. The average Bonchev–Trinajstić information content (AvgIpc) is 2.81. The molecule has 4 rings (SSSR count). The van der Waals surface area contributed by atoms with E-state index in [0.717, 1.165) is 50.3 Å². The van der Waals surface area contributed by atoms with E-state index >= 15 is 0 Å². The van der Waals surface area contributed by atoms with Crippen molar-refractivity contribution in [1.82, 2.24) is 19.9 Å². The van der Waals surface area contributed by atoms with Gasteiger partial charge in [-0.15, -0.1) is 0 Å². The molecule has 2 aromatic heterocycles. The van der Waals surface area contributed by atoms with Crippen LogP contribution in [0.2, 0.25) is 0 Å². The summed E-state index contributed by atoms with van der Waals surface area (Å²) in [5, 5.41) is 2.95. The number of nitrogens with one attached hydrogen (secondary N) is 1. The summed E-state index contributed by atoms with van der Waals surface area (Å²) in [5.41, 5.74) is 3.39. The van der Waals surface area contributed by atoms with E-state index in [1.54, 1.807) is 13.3 Å². The number of likely N-dealkylation sites (tertiary alicyclic amines) is 1. The molecular weight excluding hydrogens is 402 g/mol. The number of benzene rings is 1. The number of aryl methyl sites for hydroxylation is 1. The number of aromatic nitrogens is 3. The maximum atomic E-state index is 13.0. The third-order valence-electron chi connectivity index (χ3n) is 5.93. The van der Waals surface area contributed by atoms with E-state index in [9.17, 15) is 4.79 Å². The molecule has 1 amide bonds. The minimum Gasteiger partial charge on any atom is -0.497 e. The number of amides is 1. The Balaban J connectivity index is 1.38. The lowest BCUT2D eigenvalue weighted by Crippen LogP contribution is -2.34. The van der Waals surface area contributed by atoms with Crippen molar-refractivity contribution in [2.24, 2.45) is 5.92 Å². The average molecular weight is 432 g/mol. The molecule has 0 atom stereocenters. The first-order valence-electron chi connectivity index (χ1n) is 11.0. The smallest absolute Gasteiger partial charge is 0.259 e. The summed E-state index contributed by atoms with van der Waals surface area (Å²) in [5.74, 6) is 1.76. The van der Waals surface area contributed by atoms with Crippen molar-refractivity contribution in [1.29, 1.82) is 0 Å². The van der Waals surface area contributed by atoms with Crippen molar-refractivity contribution >= 4 is 11.6 Å². The Morgan fingerprint density at radius 3 is 2.53 bits per heavy atom. The van der Waals surface area contributed by atoms with Crippen LogP contribution in [0, 0.1) is 12.8 Å². The molecule has 0 spiro atoms. The Morgan fingerprint density at radius 2 is 1.84 bits per heavy atom. The van der Waals surface area contributed by atoms with Gasteiger partial charge < -0.3 is 10.1 Å². The lowest BCUT2D eigenvalue weighted by molar-refractivity contribution is 0.102. The van der Waals surface area contributed by atoms with Crippen molar-refractivity contribution in [3.63, 3.8) is 0 Å². The van der Waals surface area contributed by atoms with E-state index in [2.05, 4.69) is 37.3 Å². The van der Waals surface area contributed by atoms with E-state index in [1.165, 1.54) is 5.56 Å². The van der Waals surface area contributed by atoms with Crippen LogP contribution in [0.4, 0.5) is 5.69 Å². The molecule has 1 saturated heterocycles. The van der Waals surface area contributed by atoms with Crippen LogP contribution < -0.4 is 10.1 Å². The van der Waals surface area contributed by atoms with E-state index < -0.39 is 0 Å². The molecule has 32 heavy (non-hydrogen) atoms. The second-order valence-electron chi connectivity index (χ2n) is 8.24. The summed E-state index contributed by atoms with van der Waals surface area (Å²) in [4.78, 5) is 28.4. The zero-order valence-corrected chi connectivity index (χ0v) is 18.6. The number of pyridine rings is 1. The molecule has 1 fully saturated rings. The fourth-order valence-electron chi connectivity index (χ4n) is 4.10. The number of hydrogen-bond acceptors (Lipinski definition) is 6. The second kappa shape index (κ2) is 10.3. The van der Waals surface area contributed by atoms with Gasteiger partial charge in [-0.1, -0.05) is 0 Å². The summed E-state index contributed by atoms with van der Waals surface area (Å²) >= 11 is 0. The predicted octanol–water partition coefficient (Wildman–Crippen LogP) is 3.90. The first-order valence-corrected chi connectivity index (χ1v) is 11.0. The molecule has 3 aromatic rings. The fraction of sp³-hybridized carbons (Fsp3) is 0.360. The van der Waals surface area contributed by atoms with E-state index in [1.807, 2.05) is 43.6 Å². The molecule has 0 unspecified atom stereocenters. The number of nitrogens with zero attached hydrogens (tertiary/aromatic N) is 4. The Morgan fingerprint density at radius 1 is 1.12 bits per heavy atom. The van der Waals surface area contributed by atoms with Crippen molar-refractivity contribution in [3.8, 4) is 5.75 Å². The highest BCUT2D eigenvalue weighted by Crippen LogP contribution is 2.24. The Bertz CT molecular complexity index is 1030. The van der Waals surface area contributed by atoms with Gasteiger partial charge in [-0.2, -0.15) is 0 Å². The lowest BCUT2D eigenvalue weighted by atomic mass is 9.90. The number of ether oxygens (including phenoxy) is 1. The van der Waals surface area contributed by atoms with Crippen LogP contribution in [0.5, 0.6) is 5.75 Å². The van der Waals surface area contributed by atoms with Crippen LogP contribution >= 0.6 is 0 Å². The van der Waals surface area contributed by atoms with Gasteiger partial charge in [0, 0.05) is 30.8 Å². The first-order chi connectivity index (χ1) is 15.6. The number of piperidine rings is 1. The molecule has 0 bridgehead atoms. The number of anilines is 1. The van der Waals surface area contributed by atoms with Crippen LogP contribution in [0.3, 0.4) is 0 Å². The molecular formula is C25H29N5O2. The predicted molar refractivity (Wildman–Crippen MR) is 124 cm³/mol. The lowest BCUT2D eigenvalue weighted by Gasteiger charge is -2.32. The van der Waals surface area contributed by atoms with Gasteiger partial charge in [-0.05, 0) is 87.2 Å². The van der Waals surface area contributed by atoms with Crippen LogP contribution in [-0.4, -0.2) is 46.0 Å². The minimum atomic E-state index is -0.180. The summed E-state index contributed by atoms with van der Waals surface area (Å²) in [6.07, 6.45) is 8.31. The highest BCUT2D eigenvalue weighted by molar-refractivity contribution is 6.04. The fourth-order valence-corrected chi connectivity index (χ4v) is 4.10. The largest absolute Gasteiger partial charge is 0.497 e. The quantitative estimate of drug-likeness (QED) is 0.611. The number of rotatable bonds is 7. The highest BCUT2D eigenvalue weighted by atomic mass is 16.5. The molecule has 0 saturated carbocycles. The van der Waals surface area contributed by atoms with Crippen molar-refractivity contribution in [2.75, 3.05) is 25.5 Å².